The Morgan fingerprint density at radius 1 is 0.284 bits per heavy atom. The van der Waals surface area contributed by atoms with E-state index in [0.29, 0.717) is 19.3 Å². The molecule has 0 aromatic carbocycles. The summed E-state index contributed by atoms with van der Waals surface area (Å²) in [5.41, 5.74) is 0. The van der Waals surface area contributed by atoms with E-state index in [1.807, 2.05) is 0 Å². The number of rotatable bonds is 57. The van der Waals surface area contributed by atoms with Gasteiger partial charge in [-0.15, -0.1) is 0 Å². The zero-order valence-electron chi connectivity index (χ0n) is 48.8. The highest BCUT2D eigenvalue weighted by molar-refractivity contribution is 5.71. The molecule has 0 aromatic rings. The highest BCUT2D eigenvalue weighted by atomic mass is 16.6. The van der Waals surface area contributed by atoms with Crippen molar-refractivity contribution in [3.05, 3.63) is 85.1 Å². The third kappa shape index (κ3) is 59.5. The highest BCUT2D eigenvalue weighted by Crippen LogP contribution is 2.16. The number of unbranched alkanes of at least 4 members (excludes halogenated alkanes) is 32. The summed E-state index contributed by atoms with van der Waals surface area (Å²) in [6.45, 7) is 6.48. The standard InChI is InChI=1S/C68H118O6/c1-4-7-10-13-16-19-22-24-26-28-30-31-32-33-34-35-36-37-39-40-42-44-46-49-52-55-58-61-67(70)73-64-65(63-72-66(69)60-57-54-51-48-21-18-15-12-9-6-3)74-68(71)62-59-56-53-50-47-45-43-41-38-29-27-25-23-20-17-14-11-8-5-2/h7,10,12,15-16,19,24-27,30-31,33-34,65H,4-6,8-9,11,13-14,17-18,20-23,28-29,32,35-64H2,1-3H3/b10-7-,15-12-,19-16-,26-24-,27-25-,31-30-,34-33-. The van der Waals surface area contributed by atoms with Gasteiger partial charge in [0.25, 0.3) is 0 Å². The third-order valence-corrected chi connectivity index (χ3v) is 13.6. The molecule has 6 nitrogen and oxygen atoms in total. The van der Waals surface area contributed by atoms with Gasteiger partial charge in [-0.05, 0) is 109 Å². The molecule has 0 saturated heterocycles. The summed E-state index contributed by atoms with van der Waals surface area (Å²) in [6.07, 6.45) is 81.7. The molecule has 1 atom stereocenters. The number of carbonyl (C=O) groups excluding carboxylic acids is 3. The Labute approximate surface area is 458 Å². The Balaban J connectivity index is 4.23. The van der Waals surface area contributed by atoms with Crippen molar-refractivity contribution in [1.82, 2.24) is 0 Å². The monoisotopic (exact) mass is 1030 g/mol. The fraction of sp³-hybridized carbons (Fsp3) is 0.750. The molecule has 0 fully saturated rings. The maximum Gasteiger partial charge on any atom is 0.306 e. The summed E-state index contributed by atoms with van der Waals surface area (Å²) >= 11 is 0. The van der Waals surface area contributed by atoms with E-state index in [2.05, 4.69) is 106 Å². The predicted octanol–water partition coefficient (Wildman–Crippen LogP) is 21.5. The average molecular weight is 1030 g/mol. The van der Waals surface area contributed by atoms with E-state index in [1.54, 1.807) is 0 Å². The Morgan fingerprint density at radius 3 is 0.892 bits per heavy atom. The van der Waals surface area contributed by atoms with Gasteiger partial charge in [0.15, 0.2) is 6.10 Å². The molecule has 0 aliphatic carbocycles. The summed E-state index contributed by atoms with van der Waals surface area (Å²) in [4.78, 5) is 38.2. The van der Waals surface area contributed by atoms with Crippen molar-refractivity contribution in [2.45, 2.75) is 316 Å². The average Bonchev–Trinajstić information content (AvgIpc) is 3.40. The van der Waals surface area contributed by atoms with Gasteiger partial charge in [0, 0.05) is 19.3 Å². The van der Waals surface area contributed by atoms with Crippen LogP contribution in [0.2, 0.25) is 0 Å². The maximum atomic E-state index is 12.9. The van der Waals surface area contributed by atoms with Crippen LogP contribution < -0.4 is 0 Å². The molecule has 6 heteroatoms. The first kappa shape index (κ1) is 70.6. The normalized spacial score (nSPS) is 12.6. The SMILES string of the molecule is CC/C=C\C/C=C\C/C=C\C/C=C\C/C=C\CCCCCCCCCCCCCC(=O)OCC(COC(=O)CCCCCCC/C=C\CCC)OC(=O)CCCCCCCCCCC/C=C\CCCCCCCC. The molecule has 0 saturated carbocycles. The van der Waals surface area contributed by atoms with Crippen LogP contribution in [-0.4, -0.2) is 37.2 Å². The van der Waals surface area contributed by atoms with Crippen LogP contribution in [0.5, 0.6) is 0 Å². The molecular formula is C68H118O6. The fourth-order valence-corrected chi connectivity index (χ4v) is 8.88. The van der Waals surface area contributed by atoms with E-state index in [1.165, 1.54) is 167 Å². The summed E-state index contributed by atoms with van der Waals surface area (Å²) in [7, 11) is 0. The van der Waals surface area contributed by atoms with E-state index in [-0.39, 0.29) is 31.1 Å². The molecule has 0 aliphatic heterocycles. The van der Waals surface area contributed by atoms with Gasteiger partial charge in [0.05, 0.1) is 0 Å². The van der Waals surface area contributed by atoms with Crippen LogP contribution in [0, 0.1) is 0 Å². The van der Waals surface area contributed by atoms with Crippen molar-refractivity contribution in [3.63, 3.8) is 0 Å². The van der Waals surface area contributed by atoms with Crippen LogP contribution in [0.25, 0.3) is 0 Å². The minimum atomic E-state index is -0.782. The molecule has 0 rings (SSSR count). The third-order valence-electron chi connectivity index (χ3n) is 13.6. The molecule has 0 N–H and O–H groups in total. The second-order valence-electron chi connectivity index (χ2n) is 20.9. The first-order valence-electron chi connectivity index (χ1n) is 31.6. The molecular weight excluding hydrogens is 913 g/mol. The summed E-state index contributed by atoms with van der Waals surface area (Å²) in [5.74, 6) is -0.885. The van der Waals surface area contributed by atoms with E-state index >= 15 is 0 Å². The van der Waals surface area contributed by atoms with Crippen molar-refractivity contribution in [2.24, 2.45) is 0 Å². The highest BCUT2D eigenvalue weighted by Gasteiger charge is 2.19. The number of esters is 3. The number of carbonyl (C=O) groups is 3. The summed E-state index contributed by atoms with van der Waals surface area (Å²) < 4.78 is 16.9. The molecule has 0 bridgehead atoms. The van der Waals surface area contributed by atoms with Gasteiger partial charge in [0.1, 0.15) is 13.2 Å². The van der Waals surface area contributed by atoms with Crippen LogP contribution >= 0.6 is 0 Å². The van der Waals surface area contributed by atoms with Gasteiger partial charge in [-0.25, -0.2) is 0 Å². The van der Waals surface area contributed by atoms with E-state index in [0.717, 1.165) is 103 Å². The Bertz CT molecular complexity index is 1420. The smallest absolute Gasteiger partial charge is 0.306 e. The first-order valence-corrected chi connectivity index (χ1v) is 31.6. The molecule has 0 amide bonds. The lowest BCUT2D eigenvalue weighted by Crippen LogP contribution is -2.30. The lowest BCUT2D eigenvalue weighted by Gasteiger charge is -2.18. The van der Waals surface area contributed by atoms with Gasteiger partial charge in [-0.1, -0.05) is 266 Å². The summed E-state index contributed by atoms with van der Waals surface area (Å²) in [5, 5.41) is 0. The minimum absolute atomic E-state index is 0.0799. The Hall–Kier alpha value is -3.41. The minimum Gasteiger partial charge on any atom is -0.462 e. The van der Waals surface area contributed by atoms with Crippen molar-refractivity contribution in [3.8, 4) is 0 Å². The second kappa shape index (κ2) is 62.1. The molecule has 1 unspecified atom stereocenters. The molecule has 0 radical (unpaired) electrons. The molecule has 0 aromatic heterocycles. The van der Waals surface area contributed by atoms with Gasteiger partial charge in [-0.3, -0.25) is 14.4 Å². The molecule has 0 heterocycles. The number of allylic oxidation sites excluding steroid dienone is 14. The van der Waals surface area contributed by atoms with E-state index in [9.17, 15) is 14.4 Å². The quantitative estimate of drug-likeness (QED) is 0.0261. The molecule has 0 spiro atoms. The van der Waals surface area contributed by atoms with Crippen molar-refractivity contribution in [1.29, 1.82) is 0 Å². The van der Waals surface area contributed by atoms with Crippen molar-refractivity contribution < 1.29 is 28.6 Å². The van der Waals surface area contributed by atoms with Crippen molar-refractivity contribution >= 4 is 17.9 Å². The number of ether oxygens (including phenoxy) is 3. The lowest BCUT2D eigenvalue weighted by molar-refractivity contribution is -0.167. The molecule has 74 heavy (non-hydrogen) atoms. The van der Waals surface area contributed by atoms with Gasteiger partial charge in [0.2, 0.25) is 0 Å². The number of hydrogen-bond donors (Lipinski definition) is 0. The predicted molar refractivity (Wildman–Crippen MR) is 321 cm³/mol. The van der Waals surface area contributed by atoms with Crippen LogP contribution in [0.3, 0.4) is 0 Å². The van der Waals surface area contributed by atoms with Crippen LogP contribution in [0.15, 0.2) is 85.1 Å². The zero-order valence-corrected chi connectivity index (χ0v) is 48.8. The number of hydrogen-bond acceptors (Lipinski definition) is 6. The van der Waals surface area contributed by atoms with E-state index < -0.39 is 6.10 Å². The van der Waals surface area contributed by atoms with Crippen LogP contribution in [0.1, 0.15) is 310 Å². The topological polar surface area (TPSA) is 78.9 Å². The lowest BCUT2D eigenvalue weighted by atomic mass is 10.0. The van der Waals surface area contributed by atoms with Gasteiger partial charge < -0.3 is 14.2 Å². The Morgan fingerprint density at radius 2 is 0.554 bits per heavy atom. The fourth-order valence-electron chi connectivity index (χ4n) is 8.88. The second-order valence-corrected chi connectivity index (χ2v) is 20.9. The van der Waals surface area contributed by atoms with Gasteiger partial charge >= 0.3 is 17.9 Å². The molecule has 0 aliphatic rings. The maximum absolute atomic E-state index is 12.9. The van der Waals surface area contributed by atoms with Crippen LogP contribution in [-0.2, 0) is 28.6 Å². The Kier molecular flexibility index (Phi) is 59.3. The van der Waals surface area contributed by atoms with Crippen molar-refractivity contribution in [2.75, 3.05) is 13.2 Å². The zero-order chi connectivity index (χ0) is 53.6. The van der Waals surface area contributed by atoms with E-state index in [4.69, 9.17) is 14.2 Å². The summed E-state index contributed by atoms with van der Waals surface area (Å²) in [6, 6.07) is 0. The molecule has 426 valence electrons. The largest absolute Gasteiger partial charge is 0.462 e. The van der Waals surface area contributed by atoms with Gasteiger partial charge in [-0.2, -0.15) is 0 Å². The van der Waals surface area contributed by atoms with Crippen LogP contribution in [0.4, 0.5) is 0 Å². The first-order chi connectivity index (χ1) is 36.5.